The molecule has 0 aromatic heterocycles. The third-order valence-corrected chi connectivity index (χ3v) is 4.38. The molecule has 0 amide bonds. The Morgan fingerprint density at radius 3 is 2.77 bits per heavy atom. The van der Waals surface area contributed by atoms with Crippen LogP contribution in [-0.4, -0.2) is 37.5 Å². The predicted molar refractivity (Wildman–Crippen MR) is 87.3 cm³/mol. The molecule has 22 heavy (non-hydrogen) atoms. The highest BCUT2D eigenvalue weighted by Gasteiger charge is 2.36. The molecule has 1 aromatic carbocycles. The zero-order valence-corrected chi connectivity index (χ0v) is 13.4. The van der Waals surface area contributed by atoms with E-state index in [1.165, 1.54) is 0 Å². The van der Waals surface area contributed by atoms with E-state index in [1.807, 2.05) is 18.2 Å². The molecule has 0 bridgehead atoms. The first kappa shape index (κ1) is 16.7. The highest BCUT2D eigenvalue weighted by atomic mass is 16.5. The monoisotopic (exact) mass is 303 g/mol. The van der Waals surface area contributed by atoms with Crippen LogP contribution in [0.15, 0.2) is 18.2 Å². The fourth-order valence-corrected chi connectivity index (χ4v) is 3.03. The lowest BCUT2D eigenvalue weighted by atomic mass is 9.81. The SMILES string of the molecule is C#C[C@@]1(O)CCCC[C@@H]1NCCc1ccc(OC)c(OC)c1. The molecule has 2 N–H and O–H groups in total. The molecule has 2 rings (SSSR count). The number of terminal acetylenes is 1. The van der Waals surface area contributed by atoms with Crippen LogP contribution in [0.2, 0.25) is 0 Å². The van der Waals surface area contributed by atoms with E-state index in [-0.39, 0.29) is 6.04 Å². The van der Waals surface area contributed by atoms with Gasteiger partial charge in [-0.05, 0) is 49.9 Å². The zero-order valence-electron chi connectivity index (χ0n) is 13.4. The molecule has 0 radical (unpaired) electrons. The van der Waals surface area contributed by atoms with Crippen molar-refractivity contribution in [1.82, 2.24) is 5.32 Å². The average Bonchev–Trinajstić information content (AvgIpc) is 2.56. The van der Waals surface area contributed by atoms with Gasteiger partial charge in [0.1, 0.15) is 5.60 Å². The lowest BCUT2D eigenvalue weighted by Crippen LogP contribution is -2.52. The number of aliphatic hydroxyl groups is 1. The summed E-state index contributed by atoms with van der Waals surface area (Å²) in [5.41, 5.74) is 0.153. The minimum absolute atomic E-state index is 0.0219. The van der Waals surface area contributed by atoms with E-state index < -0.39 is 5.60 Å². The maximum atomic E-state index is 10.5. The smallest absolute Gasteiger partial charge is 0.160 e. The minimum atomic E-state index is -1.00. The van der Waals surface area contributed by atoms with Gasteiger partial charge in [0.25, 0.3) is 0 Å². The summed E-state index contributed by atoms with van der Waals surface area (Å²) in [5, 5.41) is 13.9. The summed E-state index contributed by atoms with van der Waals surface area (Å²) >= 11 is 0. The highest BCUT2D eigenvalue weighted by Crippen LogP contribution is 2.29. The van der Waals surface area contributed by atoms with Gasteiger partial charge in [0, 0.05) is 6.04 Å². The second-order valence-electron chi connectivity index (χ2n) is 5.76. The molecule has 0 aliphatic heterocycles. The molecule has 4 heteroatoms. The Bertz CT molecular complexity index is 538. The maximum absolute atomic E-state index is 10.5. The Kier molecular flexibility index (Phi) is 5.70. The van der Waals surface area contributed by atoms with Crippen molar-refractivity contribution in [2.75, 3.05) is 20.8 Å². The van der Waals surface area contributed by atoms with Gasteiger partial charge in [-0.1, -0.05) is 18.4 Å². The van der Waals surface area contributed by atoms with E-state index in [0.717, 1.165) is 49.3 Å². The van der Waals surface area contributed by atoms with Crippen molar-refractivity contribution in [3.63, 3.8) is 0 Å². The van der Waals surface area contributed by atoms with Crippen LogP contribution in [0.25, 0.3) is 0 Å². The van der Waals surface area contributed by atoms with Gasteiger partial charge in [0.05, 0.1) is 14.2 Å². The van der Waals surface area contributed by atoms with Gasteiger partial charge in [-0.15, -0.1) is 6.42 Å². The van der Waals surface area contributed by atoms with Gasteiger partial charge in [-0.2, -0.15) is 0 Å². The van der Waals surface area contributed by atoms with Crippen molar-refractivity contribution in [3.05, 3.63) is 23.8 Å². The zero-order chi connectivity index (χ0) is 16.0. The van der Waals surface area contributed by atoms with Gasteiger partial charge < -0.3 is 19.9 Å². The molecule has 0 spiro atoms. The Labute approximate surface area is 132 Å². The minimum Gasteiger partial charge on any atom is -0.493 e. The third-order valence-electron chi connectivity index (χ3n) is 4.38. The van der Waals surface area contributed by atoms with Gasteiger partial charge >= 0.3 is 0 Å². The van der Waals surface area contributed by atoms with E-state index >= 15 is 0 Å². The lowest BCUT2D eigenvalue weighted by molar-refractivity contribution is 0.0265. The fraction of sp³-hybridized carbons (Fsp3) is 0.556. The number of hydrogen-bond acceptors (Lipinski definition) is 4. The van der Waals surface area contributed by atoms with Gasteiger partial charge in [0.2, 0.25) is 0 Å². The molecule has 1 aliphatic carbocycles. The van der Waals surface area contributed by atoms with Crippen molar-refractivity contribution in [2.24, 2.45) is 0 Å². The highest BCUT2D eigenvalue weighted by molar-refractivity contribution is 5.42. The van der Waals surface area contributed by atoms with E-state index in [9.17, 15) is 5.11 Å². The van der Waals surface area contributed by atoms with Crippen LogP contribution in [0, 0.1) is 12.3 Å². The largest absolute Gasteiger partial charge is 0.493 e. The number of nitrogens with one attached hydrogen (secondary N) is 1. The molecule has 1 aromatic rings. The normalized spacial score (nSPS) is 24.5. The topological polar surface area (TPSA) is 50.7 Å². The molecule has 120 valence electrons. The second-order valence-corrected chi connectivity index (χ2v) is 5.76. The van der Waals surface area contributed by atoms with Crippen LogP contribution in [0.5, 0.6) is 11.5 Å². The fourth-order valence-electron chi connectivity index (χ4n) is 3.03. The molecular weight excluding hydrogens is 278 g/mol. The Morgan fingerprint density at radius 2 is 2.09 bits per heavy atom. The molecule has 1 aliphatic rings. The summed E-state index contributed by atoms with van der Waals surface area (Å²) in [6.45, 7) is 0.768. The number of methoxy groups -OCH3 is 2. The molecular formula is C18H25NO3. The average molecular weight is 303 g/mol. The van der Waals surface area contributed by atoms with Crippen LogP contribution in [0.4, 0.5) is 0 Å². The predicted octanol–water partition coefficient (Wildman–Crippen LogP) is 2.14. The molecule has 4 nitrogen and oxygen atoms in total. The molecule has 0 heterocycles. The van der Waals surface area contributed by atoms with Crippen LogP contribution < -0.4 is 14.8 Å². The number of ether oxygens (including phenoxy) is 2. The number of benzene rings is 1. The summed E-state index contributed by atoms with van der Waals surface area (Å²) in [7, 11) is 3.26. The molecule has 1 fully saturated rings. The summed E-state index contributed by atoms with van der Waals surface area (Å²) < 4.78 is 10.5. The Morgan fingerprint density at radius 1 is 1.32 bits per heavy atom. The molecule has 0 unspecified atom stereocenters. The summed E-state index contributed by atoms with van der Waals surface area (Å²) in [6, 6.07) is 5.89. The van der Waals surface area contributed by atoms with Crippen molar-refractivity contribution < 1.29 is 14.6 Å². The second kappa shape index (κ2) is 7.53. The van der Waals surface area contributed by atoms with E-state index in [4.69, 9.17) is 15.9 Å². The first-order chi connectivity index (χ1) is 10.6. The first-order valence-electron chi connectivity index (χ1n) is 7.77. The van der Waals surface area contributed by atoms with Crippen LogP contribution in [-0.2, 0) is 6.42 Å². The van der Waals surface area contributed by atoms with Crippen molar-refractivity contribution >= 4 is 0 Å². The first-order valence-corrected chi connectivity index (χ1v) is 7.77. The molecule has 1 saturated carbocycles. The van der Waals surface area contributed by atoms with E-state index in [2.05, 4.69) is 11.2 Å². The quantitative estimate of drug-likeness (QED) is 0.791. The Hall–Kier alpha value is -1.70. The van der Waals surface area contributed by atoms with E-state index in [1.54, 1.807) is 14.2 Å². The van der Waals surface area contributed by atoms with Crippen molar-refractivity contribution in [3.8, 4) is 23.8 Å². The number of rotatable bonds is 6. The maximum Gasteiger partial charge on any atom is 0.160 e. The van der Waals surface area contributed by atoms with Crippen LogP contribution >= 0.6 is 0 Å². The summed E-state index contributed by atoms with van der Waals surface area (Å²) in [6.07, 6.45) is 10.1. The summed E-state index contributed by atoms with van der Waals surface area (Å²) in [5.74, 6) is 4.03. The summed E-state index contributed by atoms with van der Waals surface area (Å²) in [4.78, 5) is 0. The lowest BCUT2D eigenvalue weighted by Gasteiger charge is -2.36. The van der Waals surface area contributed by atoms with E-state index in [0.29, 0.717) is 6.42 Å². The van der Waals surface area contributed by atoms with Gasteiger partial charge in [-0.3, -0.25) is 0 Å². The molecule has 2 atom stereocenters. The Balaban J connectivity index is 1.92. The van der Waals surface area contributed by atoms with Gasteiger partial charge in [0.15, 0.2) is 11.5 Å². The number of hydrogen-bond donors (Lipinski definition) is 2. The molecule has 0 saturated heterocycles. The van der Waals surface area contributed by atoms with Crippen LogP contribution in [0.3, 0.4) is 0 Å². The van der Waals surface area contributed by atoms with Gasteiger partial charge in [-0.25, -0.2) is 0 Å². The van der Waals surface area contributed by atoms with Crippen molar-refractivity contribution in [2.45, 2.75) is 43.7 Å². The third kappa shape index (κ3) is 3.73. The standard InChI is InChI=1S/C18H25NO3/c1-4-18(20)11-6-5-7-17(18)19-12-10-14-8-9-15(21-2)16(13-14)22-3/h1,8-9,13,17,19-20H,5-7,10-12H2,2-3H3/t17-,18+/m0/s1. The van der Waals surface area contributed by atoms with Crippen molar-refractivity contribution in [1.29, 1.82) is 0 Å². The van der Waals surface area contributed by atoms with Crippen LogP contribution in [0.1, 0.15) is 31.2 Å².